The van der Waals surface area contributed by atoms with Crippen molar-refractivity contribution >= 4 is 34.3 Å². The minimum Gasteiger partial charge on any atom is -0.359 e. The smallest absolute Gasteiger partial charge is 0.222 e. The maximum atomic E-state index is 11.5. The molecular formula is C11H15IN4O. The Kier molecular flexibility index (Phi) is 4.14. The van der Waals surface area contributed by atoms with Crippen LogP contribution in [0.1, 0.15) is 12.8 Å². The number of nitrogens with one attached hydrogen (secondary N) is 1. The minimum atomic E-state index is 0.149. The van der Waals surface area contributed by atoms with Gasteiger partial charge in [0.2, 0.25) is 5.91 Å². The zero-order chi connectivity index (χ0) is 12.3. The lowest BCUT2D eigenvalue weighted by Crippen LogP contribution is -2.40. The number of aromatic nitrogens is 2. The molecule has 2 heterocycles. The third-order valence-electron chi connectivity index (χ3n) is 3.06. The fourth-order valence-corrected chi connectivity index (χ4v) is 2.74. The Balaban J connectivity index is 2.00. The van der Waals surface area contributed by atoms with Crippen molar-refractivity contribution < 1.29 is 4.79 Å². The molecule has 0 unspecified atom stereocenters. The normalized spacial score (nSPS) is 16.9. The molecule has 1 fully saturated rings. The Hall–Kier alpha value is -0.920. The average Bonchev–Trinajstić information content (AvgIpc) is 2.39. The molecule has 0 spiro atoms. The fourth-order valence-electron chi connectivity index (χ4n) is 2.10. The summed E-state index contributed by atoms with van der Waals surface area (Å²) in [6.07, 6.45) is 5.16. The van der Waals surface area contributed by atoms with Crippen molar-refractivity contribution in [3.63, 3.8) is 0 Å². The first-order valence-electron chi connectivity index (χ1n) is 5.64. The molecule has 92 valence electrons. The molecular weight excluding hydrogens is 331 g/mol. The van der Waals surface area contributed by atoms with Gasteiger partial charge in [0.1, 0.15) is 12.1 Å². The molecule has 0 bridgehead atoms. The highest BCUT2D eigenvalue weighted by molar-refractivity contribution is 14.1. The van der Waals surface area contributed by atoms with E-state index in [1.54, 1.807) is 13.4 Å². The van der Waals surface area contributed by atoms with Crippen LogP contribution in [0.2, 0.25) is 0 Å². The van der Waals surface area contributed by atoms with Gasteiger partial charge in [0, 0.05) is 32.3 Å². The predicted octanol–water partition coefficient (Wildman–Crippen LogP) is 1.04. The summed E-state index contributed by atoms with van der Waals surface area (Å²) in [6.45, 7) is 1.76. The SMILES string of the molecule is CNC(=O)C1CCN(c2ncncc2I)CC1. The van der Waals surface area contributed by atoms with Crippen LogP contribution in [0.3, 0.4) is 0 Å². The zero-order valence-electron chi connectivity index (χ0n) is 9.69. The molecule has 17 heavy (non-hydrogen) atoms. The van der Waals surface area contributed by atoms with Crippen molar-refractivity contribution in [1.82, 2.24) is 15.3 Å². The number of piperidine rings is 1. The summed E-state index contributed by atoms with van der Waals surface area (Å²) in [5.41, 5.74) is 0. The Morgan fingerprint density at radius 3 is 2.82 bits per heavy atom. The van der Waals surface area contributed by atoms with Gasteiger partial charge < -0.3 is 10.2 Å². The topological polar surface area (TPSA) is 58.1 Å². The summed E-state index contributed by atoms with van der Waals surface area (Å²) in [7, 11) is 1.70. The Bertz CT molecular complexity index is 404. The van der Waals surface area contributed by atoms with E-state index in [1.165, 1.54) is 0 Å². The molecule has 1 amide bonds. The van der Waals surface area contributed by atoms with E-state index in [0.717, 1.165) is 35.3 Å². The highest BCUT2D eigenvalue weighted by Crippen LogP contribution is 2.24. The Morgan fingerprint density at radius 2 is 2.24 bits per heavy atom. The first-order valence-corrected chi connectivity index (χ1v) is 6.72. The van der Waals surface area contributed by atoms with Gasteiger partial charge in [0.25, 0.3) is 0 Å². The average molecular weight is 346 g/mol. The highest BCUT2D eigenvalue weighted by Gasteiger charge is 2.25. The molecule has 0 atom stereocenters. The molecule has 1 aromatic heterocycles. The molecule has 6 heteroatoms. The lowest BCUT2D eigenvalue weighted by molar-refractivity contribution is -0.125. The second-order valence-electron chi connectivity index (χ2n) is 4.07. The lowest BCUT2D eigenvalue weighted by Gasteiger charge is -2.32. The van der Waals surface area contributed by atoms with Crippen LogP contribution in [-0.2, 0) is 4.79 Å². The van der Waals surface area contributed by atoms with Gasteiger partial charge in [0.15, 0.2) is 0 Å². The summed E-state index contributed by atoms with van der Waals surface area (Å²) < 4.78 is 1.06. The van der Waals surface area contributed by atoms with Gasteiger partial charge in [-0.1, -0.05) is 0 Å². The number of hydrogen-bond donors (Lipinski definition) is 1. The molecule has 5 nitrogen and oxygen atoms in total. The molecule has 0 aliphatic carbocycles. The van der Waals surface area contributed by atoms with Gasteiger partial charge in [-0.2, -0.15) is 0 Å². The van der Waals surface area contributed by atoms with E-state index < -0.39 is 0 Å². The number of nitrogens with zero attached hydrogens (tertiary/aromatic N) is 3. The third kappa shape index (κ3) is 2.85. The van der Waals surface area contributed by atoms with Crippen LogP contribution in [0.4, 0.5) is 5.82 Å². The number of carbonyl (C=O) groups excluding carboxylic acids is 1. The number of carbonyl (C=O) groups is 1. The number of amides is 1. The maximum absolute atomic E-state index is 11.5. The molecule has 1 N–H and O–H groups in total. The van der Waals surface area contributed by atoms with Crippen LogP contribution < -0.4 is 10.2 Å². The minimum absolute atomic E-state index is 0.149. The summed E-state index contributed by atoms with van der Waals surface area (Å²) in [5, 5.41) is 2.72. The number of anilines is 1. The number of halogens is 1. The molecule has 1 aliphatic heterocycles. The van der Waals surface area contributed by atoms with E-state index in [1.807, 2.05) is 6.20 Å². The fraction of sp³-hybridized carbons (Fsp3) is 0.545. The van der Waals surface area contributed by atoms with Gasteiger partial charge in [0.05, 0.1) is 3.57 Å². The van der Waals surface area contributed by atoms with E-state index in [4.69, 9.17) is 0 Å². The lowest BCUT2D eigenvalue weighted by atomic mass is 9.96. The van der Waals surface area contributed by atoms with Gasteiger partial charge in [-0.05, 0) is 35.4 Å². The van der Waals surface area contributed by atoms with Crippen molar-refractivity contribution in [2.24, 2.45) is 5.92 Å². The quantitative estimate of drug-likeness (QED) is 0.814. The van der Waals surface area contributed by atoms with E-state index in [0.29, 0.717) is 0 Å². The van der Waals surface area contributed by atoms with Crippen LogP contribution in [-0.4, -0.2) is 36.0 Å². The van der Waals surface area contributed by atoms with Crippen LogP contribution in [0.5, 0.6) is 0 Å². The number of rotatable bonds is 2. The third-order valence-corrected chi connectivity index (χ3v) is 3.82. The molecule has 2 rings (SSSR count). The highest BCUT2D eigenvalue weighted by atomic mass is 127. The van der Waals surface area contributed by atoms with Gasteiger partial charge >= 0.3 is 0 Å². The van der Waals surface area contributed by atoms with Gasteiger partial charge in [-0.15, -0.1) is 0 Å². The monoisotopic (exact) mass is 346 g/mol. The van der Waals surface area contributed by atoms with Gasteiger partial charge in [-0.25, -0.2) is 9.97 Å². The molecule has 0 saturated carbocycles. The van der Waals surface area contributed by atoms with Crippen LogP contribution in [0.25, 0.3) is 0 Å². The second kappa shape index (κ2) is 5.61. The Labute approximate surface area is 114 Å². The van der Waals surface area contributed by atoms with Crippen LogP contribution >= 0.6 is 22.6 Å². The zero-order valence-corrected chi connectivity index (χ0v) is 11.8. The first-order chi connectivity index (χ1) is 8.22. The van der Waals surface area contributed by atoms with E-state index in [-0.39, 0.29) is 11.8 Å². The summed E-state index contributed by atoms with van der Waals surface area (Å²) in [5.74, 6) is 1.29. The Morgan fingerprint density at radius 1 is 1.53 bits per heavy atom. The maximum Gasteiger partial charge on any atom is 0.222 e. The van der Waals surface area contributed by atoms with E-state index in [9.17, 15) is 4.79 Å². The molecule has 0 radical (unpaired) electrons. The van der Waals surface area contributed by atoms with Crippen molar-refractivity contribution in [2.75, 3.05) is 25.0 Å². The first kappa shape index (κ1) is 12.5. The predicted molar refractivity (Wildman–Crippen MR) is 73.8 cm³/mol. The van der Waals surface area contributed by atoms with Crippen molar-refractivity contribution in [2.45, 2.75) is 12.8 Å². The molecule has 1 saturated heterocycles. The largest absolute Gasteiger partial charge is 0.359 e. The van der Waals surface area contributed by atoms with E-state index >= 15 is 0 Å². The van der Waals surface area contributed by atoms with Crippen molar-refractivity contribution in [1.29, 1.82) is 0 Å². The summed E-state index contributed by atoms with van der Waals surface area (Å²) in [6, 6.07) is 0. The molecule has 1 aliphatic rings. The molecule has 0 aromatic carbocycles. The summed E-state index contributed by atoms with van der Waals surface area (Å²) in [4.78, 5) is 22.0. The second-order valence-corrected chi connectivity index (χ2v) is 5.23. The van der Waals surface area contributed by atoms with Crippen molar-refractivity contribution in [3.8, 4) is 0 Å². The van der Waals surface area contributed by atoms with Crippen molar-refractivity contribution in [3.05, 3.63) is 16.1 Å². The van der Waals surface area contributed by atoms with Crippen LogP contribution in [0, 0.1) is 9.49 Å². The molecule has 1 aromatic rings. The number of hydrogen-bond acceptors (Lipinski definition) is 4. The van der Waals surface area contributed by atoms with Gasteiger partial charge in [-0.3, -0.25) is 4.79 Å². The summed E-state index contributed by atoms with van der Waals surface area (Å²) >= 11 is 2.24. The van der Waals surface area contributed by atoms with Crippen LogP contribution in [0.15, 0.2) is 12.5 Å². The standard InChI is InChI=1S/C11H15IN4O/c1-13-11(17)8-2-4-16(5-3-8)10-9(12)6-14-7-15-10/h6-8H,2-5H2,1H3,(H,13,17). The van der Waals surface area contributed by atoms with E-state index in [2.05, 4.69) is 42.8 Å².